The Hall–Kier alpha value is -1.81. The lowest BCUT2D eigenvalue weighted by Gasteiger charge is -2.09. The summed E-state index contributed by atoms with van der Waals surface area (Å²) in [5.74, 6) is 2.34. The Balaban J connectivity index is 2.07. The van der Waals surface area contributed by atoms with E-state index in [1.165, 1.54) is 0 Å². The molecule has 0 atom stereocenters. The Morgan fingerprint density at radius 2 is 1.86 bits per heavy atom. The molecule has 2 aromatic rings. The fourth-order valence-corrected chi connectivity index (χ4v) is 2.07. The number of anilines is 2. The molecular formula is C16H20ClN3O. The third-order valence-electron chi connectivity index (χ3n) is 2.81. The van der Waals surface area contributed by atoms with Crippen molar-refractivity contribution >= 4 is 23.1 Å². The van der Waals surface area contributed by atoms with Gasteiger partial charge in [-0.1, -0.05) is 25.4 Å². The van der Waals surface area contributed by atoms with Crippen LogP contribution in [0.15, 0.2) is 30.3 Å². The first-order chi connectivity index (χ1) is 10.2. The molecule has 0 saturated carbocycles. The number of ether oxygens (including phenoxy) is 1. The fourth-order valence-electron chi connectivity index (χ4n) is 1.87. The van der Waals surface area contributed by atoms with Crippen molar-refractivity contribution in [2.45, 2.75) is 33.1 Å². The van der Waals surface area contributed by atoms with E-state index < -0.39 is 0 Å². The molecule has 1 N–H and O–H groups in total. The van der Waals surface area contributed by atoms with Gasteiger partial charge in [0, 0.05) is 18.2 Å². The van der Waals surface area contributed by atoms with Gasteiger partial charge in [-0.15, -0.1) is 0 Å². The van der Waals surface area contributed by atoms with Crippen molar-refractivity contribution in [2.24, 2.45) is 0 Å². The summed E-state index contributed by atoms with van der Waals surface area (Å²) in [4.78, 5) is 8.66. The van der Waals surface area contributed by atoms with Crippen molar-refractivity contribution in [1.82, 2.24) is 9.97 Å². The summed E-state index contributed by atoms with van der Waals surface area (Å²) in [5, 5.41) is 3.69. The van der Waals surface area contributed by atoms with E-state index in [0.717, 1.165) is 43.1 Å². The average molecular weight is 306 g/mol. The molecule has 0 unspecified atom stereocenters. The highest BCUT2D eigenvalue weighted by atomic mass is 35.5. The predicted molar refractivity (Wildman–Crippen MR) is 86.5 cm³/mol. The van der Waals surface area contributed by atoms with Gasteiger partial charge in [-0.3, -0.25) is 0 Å². The van der Waals surface area contributed by atoms with Crippen LogP contribution in [0, 0.1) is 0 Å². The van der Waals surface area contributed by atoms with Crippen LogP contribution in [0.25, 0.3) is 0 Å². The average Bonchev–Trinajstić information content (AvgIpc) is 2.46. The predicted octanol–water partition coefficient (Wildman–Crippen LogP) is 4.61. The van der Waals surface area contributed by atoms with Crippen LogP contribution >= 0.6 is 11.6 Å². The molecule has 0 saturated heterocycles. The van der Waals surface area contributed by atoms with Gasteiger partial charge < -0.3 is 10.1 Å². The Bertz CT molecular complexity index is 572. The summed E-state index contributed by atoms with van der Waals surface area (Å²) in [7, 11) is 0. The maximum absolute atomic E-state index is 6.02. The Kier molecular flexibility index (Phi) is 5.81. The lowest BCUT2D eigenvalue weighted by Crippen LogP contribution is -2.00. The fraction of sp³-hybridized carbons (Fsp3) is 0.375. The quantitative estimate of drug-likeness (QED) is 0.759. The molecule has 0 fully saturated rings. The molecule has 21 heavy (non-hydrogen) atoms. The highest BCUT2D eigenvalue weighted by Crippen LogP contribution is 2.21. The monoisotopic (exact) mass is 305 g/mol. The number of halogens is 1. The van der Waals surface area contributed by atoms with E-state index in [4.69, 9.17) is 16.3 Å². The number of hydrogen-bond acceptors (Lipinski definition) is 4. The summed E-state index contributed by atoms with van der Waals surface area (Å²) in [6.45, 7) is 4.91. The van der Waals surface area contributed by atoms with Gasteiger partial charge in [-0.2, -0.15) is 0 Å². The molecule has 1 aromatic carbocycles. The molecule has 0 bridgehead atoms. The summed E-state index contributed by atoms with van der Waals surface area (Å²) in [6, 6.07) is 9.52. The molecule has 0 amide bonds. The van der Waals surface area contributed by atoms with Crippen molar-refractivity contribution in [2.75, 3.05) is 11.9 Å². The van der Waals surface area contributed by atoms with E-state index >= 15 is 0 Å². The van der Waals surface area contributed by atoms with Crippen molar-refractivity contribution in [3.05, 3.63) is 41.3 Å². The molecule has 1 heterocycles. The SMILES string of the molecule is CCCOc1ccc(Nc2cc(Cl)nc(CCC)n2)cc1. The first kappa shape index (κ1) is 15.6. The Morgan fingerprint density at radius 3 is 2.52 bits per heavy atom. The highest BCUT2D eigenvalue weighted by Gasteiger charge is 2.03. The smallest absolute Gasteiger partial charge is 0.135 e. The molecule has 112 valence electrons. The zero-order chi connectivity index (χ0) is 15.1. The van der Waals surface area contributed by atoms with Gasteiger partial charge >= 0.3 is 0 Å². The van der Waals surface area contributed by atoms with Crippen LogP contribution in [-0.2, 0) is 6.42 Å². The molecule has 5 heteroatoms. The summed E-state index contributed by atoms with van der Waals surface area (Å²) < 4.78 is 5.56. The number of benzene rings is 1. The molecule has 0 aliphatic rings. The van der Waals surface area contributed by atoms with E-state index in [0.29, 0.717) is 11.0 Å². The van der Waals surface area contributed by atoms with Crippen LogP contribution in [-0.4, -0.2) is 16.6 Å². The number of hydrogen-bond donors (Lipinski definition) is 1. The molecule has 0 radical (unpaired) electrons. The lowest BCUT2D eigenvalue weighted by molar-refractivity contribution is 0.317. The van der Waals surface area contributed by atoms with Gasteiger partial charge in [0.15, 0.2) is 0 Å². The molecule has 0 aliphatic heterocycles. The summed E-state index contributed by atoms with van der Waals surface area (Å²) in [5.41, 5.74) is 0.941. The van der Waals surface area contributed by atoms with Crippen molar-refractivity contribution in [3.8, 4) is 5.75 Å². The zero-order valence-electron chi connectivity index (χ0n) is 12.4. The largest absolute Gasteiger partial charge is 0.494 e. The number of nitrogens with one attached hydrogen (secondary N) is 1. The van der Waals surface area contributed by atoms with Crippen LogP contribution in [0.1, 0.15) is 32.5 Å². The highest BCUT2D eigenvalue weighted by molar-refractivity contribution is 6.29. The van der Waals surface area contributed by atoms with Crippen molar-refractivity contribution < 1.29 is 4.74 Å². The molecule has 2 rings (SSSR count). The second-order valence-electron chi connectivity index (χ2n) is 4.74. The topological polar surface area (TPSA) is 47.0 Å². The maximum Gasteiger partial charge on any atom is 0.135 e. The van der Waals surface area contributed by atoms with E-state index in [1.54, 1.807) is 6.07 Å². The lowest BCUT2D eigenvalue weighted by atomic mass is 10.3. The summed E-state index contributed by atoms with van der Waals surface area (Å²) in [6.07, 6.45) is 2.81. The molecular weight excluding hydrogens is 286 g/mol. The van der Waals surface area contributed by atoms with E-state index in [9.17, 15) is 0 Å². The number of aromatic nitrogens is 2. The van der Waals surface area contributed by atoms with E-state index in [1.807, 2.05) is 24.3 Å². The normalized spacial score (nSPS) is 10.4. The second-order valence-corrected chi connectivity index (χ2v) is 5.13. The van der Waals surface area contributed by atoms with Crippen molar-refractivity contribution in [1.29, 1.82) is 0 Å². The van der Waals surface area contributed by atoms with Crippen LogP contribution in [0.2, 0.25) is 5.15 Å². The summed E-state index contributed by atoms with van der Waals surface area (Å²) >= 11 is 6.02. The van der Waals surface area contributed by atoms with E-state index in [-0.39, 0.29) is 0 Å². The van der Waals surface area contributed by atoms with E-state index in [2.05, 4.69) is 29.1 Å². The Morgan fingerprint density at radius 1 is 1.10 bits per heavy atom. The standard InChI is InChI=1S/C16H20ClN3O/c1-3-5-15-19-14(17)11-16(20-15)18-12-6-8-13(9-7-12)21-10-4-2/h6-9,11H,3-5,10H2,1-2H3,(H,18,19,20). The Labute approximate surface area is 130 Å². The van der Waals surface area contributed by atoms with Gasteiger partial charge in [-0.05, 0) is 37.1 Å². The van der Waals surface area contributed by atoms with Gasteiger partial charge in [0.1, 0.15) is 22.5 Å². The molecule has 0 aliphatic carbocycles. The minimum absolute atomic E-state index is 0.457. The van der Waals surface area contributed by atoms with Crippen LogP contribution in [0.3, 0.4) is 0 Å². The van der Waals surface area contributed by atoms with Gasteiger partial charge in [0.2, 0.25) is 0 Å². The first-order valence-electron chi connectivity index (χ1n) is 7.24. The number of aryl methyl sites for hydroxylation is 1. The maximum atomic E-state index is 6.02. The second kappa shape index (κ2) is 7.84. The zero-order valence-corrected chi connectivity index (χ0v) is 13.2. The number of rotatable bonds is 7. The van der Waals surface area contributed by atoms with Crippen LogP contribution in [0.4, 0.5) is 11.5 Å². The molecule has 0 spiro atoms. The van der Waals surface area contributed by atoms with Gasteiger partial charge in [0.25, 0.3) is 0 Å². The minimum atomic E-state index is 0.457. The van der Waals surface area contributed by atoms with Crippen LogP contribution < -0.4 is 10.1 Å². The molecule has 4 nitrogen and oxygen atoms in total. The third-order valence-corrected chi connectivity index (χ3v) is 3.01. The number of nitrogens with zero attached hydrogens (tertiary/aromatic N) is 2. The minimum Gasteiger partial charge on any atom is -0.494 e. The molecule has 1 aromatic heterocycles. The third kappa shape index (κ3) is 4.90. The van der Waals surface area contributed by atoms with Crippen LogP contribution in [0.5, 0.6) is 5.75 Å². The van der Waals surface area contributed by atoms with Gasteiger partial charge in [-0.25, -0.2) is 9.97 Å². The first-order valence-corrected chi connectivity index (χ1v) is 7.62. The van der Waals surface area contributed by atoms with Gasteiger partial charge in [0.05, 0.1) is 6.61 Å². The van der Waals surface area contributed by atoms with Crippen molar-refractivity contribution in [3.63, 3.8) is 0 Å².